The van der Waals surface area contributed by atoms with E-state index in [2.05, 4.69) is 5.32 Å². The van der Waals surface area contributed by atoms with Crippen molar-refractivity contribution in [1.29, 1.82) is 0 Å². The molecule has 1 amide bonds. The second-order valence-electron chi connectivity index (χ2n) is 5.55. The van der Waals surface area contributed by atoms with Crippen molar-refractivity contribution >= 4 is 5.91 Å². The third kappa shape index (κ3) is 5.42. The van der Waals surface area contributed by atoms with E-state index in [1.165, 1.54) is 4.90 Å². The van der Waals surface area contributed by atoms with Gasteiger partial charge in [-0.2, -0.15) is 0 Å². The Balaban J connectivity index is 1.89. The number of nitrogens with one attached hydrogen (secondary N) is 1. The molecule has 1 fully saturated rings. The molecule has 21 heavy (non-hydrogen) atoms. The number of hydrogen-bond acceptors (Lipinski definition) is 2. The second kappa shape index (κ2) is 8.08. The molecule has 1 heterocycles. The van der Waals surface area contributed by atoms with Crippen LogP contribution in [0.4, 0.5) is 8.78 Å². The highest BCUT2D eigenvalue weighted by atomic mass is 19.3. The number of rotatable bonds is 7. The van der Waals surface area contributed by atoms with Gasteiger partial charge < -0.3 is 10.2 Å². The number of amides is 1. The Morgan fingerprint density at radius 3 is 2.71 bits per heavy atom. The van der Waals surface area contributed by atoms with Crippen LogP contribution in [-0.4, -0.2) is 36.9 Å². The Hall–Kier alpha value is -1.49. The molecular formula is C16H22F2N2O. The predicted molar refractivity (Wildman–Crippen MR) is 78.1 cm³/mol. The van der Waals surface area contributed by atoms with Crippen molar-refractivity contribution in [3.8, 4) is 0 Å². The summed E-state index contributed by atoms with van der Waals surface area (Å²) >= 11 is 0. The minimum atomic E-state index is -2.49. The van der Waals surface area contributed by atoms with Crippen LogP contribution in [0.15, 0.2) is 30.3 Å². The molecule has 3 nitrogen and oxygen atoms in total. The fourth-order valence-electron chi connectivity index (χ4n) is 2.67. The van der Waals surface area contributed by atoms with E-state index in [0.29, 0.717) is 12.3 Å². The zero-order valence-corrected chi connectivity index (χ0v) is 12.1. The zero-order chi connectivity index (χ0) is 15.1. The largest absolute Gasteiger partial charge is 0.333 e. The van der Waals surface area contributed by atoms with Crippen LogP contribution in [0, 0.1) is 5.92 Å². The maximum absolute atomic E-state index is 12.7. The van der Waals surface area contributed by atoms with Gasteiger partial charge in [0.1, 0.15) is 0 Å². The summed E-state index contributed by atoms with van der Waals surface area (Å²) in [7, 11) is 0. The maximum atomic E-state index is 12.7. The summed E-state index contributed by atoms with van der Waals surface area (Å²) in [6.45, 7) is 1.69. The van der Waals surface area contributed by atoms with Gasteiger partial charge in [-0.25, -0.2) is 8.78 Å². The van der Waals surface area contributed by atoms with Gasteiger partial charge in [-0.1, -0.05) is 30.3 Å². The molecule has 1 aliphatic rings. The topological polar surface area (TPSA) is 32.3 Å². The molecule has 116 valence electrons. The number of alkyl halides is 2. The minimum Gasteiger partial charge on any atom is -0.333 e. The molecule has 0 radical (unpaired) electrons. The lowest BCUT2D eigenvalue weighted by Crippen LogP contribution is -2.34. The summed E-state index contributed by atoms with van der Waals surface area (Å²) in [4.78, 5) is 13.5. The Morgan fingerprint density at radius 1 is 1.33 bits per heavy atom. The van der Waals surface area contributed by atoms with Gasteiger partial charge in [0.15, 0.2) is 0 Å². The molecule has 1 N–H and O–H groups in total. The number of hydrogen-bond donors (Lipinski definition) is 1. The van der Waals surface area contributed by atoms with Gasteiger partial charge in [-0.3, -0.25) is 4.79 Å². The van der Waals surface area contributed by atoms with E-state index >= 15 is 0 Å². The maximum Gasteiger partial charge on any atom is 0.255 e. The van der Waals surface area contributed by atoms with Gasteiger partial charge >= 0.3 is 0 Å². The van der Waals surface area contributed by atoms with Crippen LogP contribution in [0.2, 0.25) is 0 Å². The molecule has 0 aromatic heterocycles. The lowest BCUT2D eigenvalue weighted by molar-refractivity contribution is -0.134. The van der Waals surface area contributed by atoms with Crippen molar-refractivity contribution in [3.05, 3.63) is 35.9 Å². The highest BCUT2D eigenvalue weighted by Crippen LogP contribution is 2.16. The molecule has 0 aliphatic carbocycles. The van der Waals surface area contributed by atoms with E-state index in [-0.39, 0.29) is 12.5 Å². The molecule has 1 unspecified atom stereocenters. The third-order valence-electron chi connectivity index (χ3n) is 3.86. The Morgan fingerprint density at radius 2 is 2.10 bits per heavy atom. The molecule has 1 atom stereocenters. The number of nitrogens with zero attached hydrogens (tertiary/aromatic N) is 1. The first-order valence-corrected chi connectivity index (χ1v) is 7.45. The average Bonchev–Trinajstić information content (AvgIpc) is 2.98. The normalized spacial score (nSPS) is 18.1. The molecule has 2 rings (SSSR count). The van der Waals surface area contributed by atoms with E-state index in [1.54, 1.807) is 0 Å². The highest BCUT2D eigenvalue weighted by Gasteiger charge is 2.21. The van der Waals surface area contributed by atoms with Crippen molar-refractivity contribution in [2.24, 2.45) is 5.92 Å². The number of halogens is 2. The summed E-state index contributed by atoms with van der Waals surface area (Å²) < 4.78 is 25.4. The van der Waals surface area contributed by atoms with Crippen LogP contribution in [-0.2, 0) is 11.3 Å². The van der Waals surface area contributed by atoms with Crippen LogP contribution in [0.3, 0.4) is 0 Å². The van der Waals surface area contributed by atoms with Crippen LogP contribution >= 0.6 is 0 Å². The predicted octanol–water partition coefficient (Wildman–Crippen LogP) is 2.67. The van der Waals surface area contributed by atoms with E-state index in [9.17, 15) is 13.6 Å². The summed E-state index contributed by atoms with van der Waals surface area (Å²) in [5.41, 5.74) is 0.883. The van der Waals surface area contributed by atoms with Crippen molar-refractivity contribution < 1.29 is 13.6 Å². The fraction of sp³-hybridized carbons (Fsp3) is 0.562. The molecule has 0 spiro atoms. The van der Waals surface area contributed by atoms with Gasteiger partial charge in [-0.15, -0.1) is 0 Å². The van der Waals surface area contributed by atoms with Gasteiger partial charge in [0.2, 0.25) is 5.91 Å². The third-order valence-corrected chi connectivity index (χ3v) is 3.86. The van der Waals surface area contributed by atoms with Crippen LogP contribution in [0.1, 0.15) is 24.8 Å². The summed E-state index contributed by atoms with van der Waals surface area (Å²) in [5, 5.41) is 3.25. The average molecular weight is 296 g/mol. The van der Waals surface area contributed by atoms with Crippen LogP contribution < -0.4 is 5.32 Å². The van der Waals surface area contributed by atoms with E-state index in [0.717, 1.165) is 31.5 Å². The first kappa shape index (κ1) is 15.9. The van der Waals surface area contributed by atoms with E-state index < -0.39 is 13.0 Å². The zero-order valence-electron chi connectivity index (χ0n) is 12.1. The SMILES string of the molecule is O=C(CCC1CCNC1)N(Cc1ccccc1)CC(F)F. The molecule has 1 aromatic carbocycles. The molecule has 1 saturated heterocycles. The highest BCUT2D eigenvalue weighted by molar-refractivity contribution is 5.76. The van der Waals surface area contributed by atoms with Gasteiger partial charge in [0.25, 0.3) is 6.43 Å². The smallest absolute Gasteiger partial charge is 0.255 e. The lowest BCUT2D eigenvalue weighted by atomic mass is 10.0. The van der Waals surface area contributed by atoms with E-state index in [1.807, 2.05) is 30.3 Å². The van der Waals surface area contributed by atoms with Gasteiger partial charge in [-0.05, 0) is 37.4 Å². The van der Waals surface area contributed by atoms with Gasteiger partial charge in [0.05, 0.1) is 6.54 Å². The van der Waals surface area contributed by atoms with Crippen molar-refractivity contribution in [2.75, 3.05) is 19.6 Å². The molecule has 1 aliphatic heterocycles. The standard InChI is InChI=1S/C16H22F2N2O/c17-15(18)12-20(11-14-4-2-1-3-5-14)16(21)7-6-13-8-9-19-10-13/h1-5,13,15,19H,6-12H2. The molecule has 1 aromatic rings. The molecule has 5 heteroatoms. The van der Waals surface area contributed by atoms with Crippen molar-refractivity contribution in [3.63, 3.8) is 0 Å². The van der Waals surface area contributed by atoms with Crippen molar-refractivity contribution in [1.82, 2.24) is 10.2 Å². The Labute approximate surface area is 124 Å². The molecule has 0 bridgehead atoms. The molecular weight excluding hydrogens is 274 g/mol. The summed E-state index contributed by atoms with van der Waals surface area (Å²) in [6.07, 6.45) is -0.293. The van der Waals surface area contributed by atoms with E-state index in [4.69, 9.17) is 0 Å². The second-order valence-corrected chi connectivity index (χ2v) is 5.55. The summed E-state index contributed by atoms with van der Waals surface area (Å²) in [5.74, 6) is 0.324. The van der Waals surface area contributed by atoms with Crippen molar-refractivity contribution in [2.45, 2.75) is 32.2 Å². The lowest BCUT2D eigenvalue weighted by Gasteiger charge is -2.23. The molecule has 0 saturated carbocycles. The number of carbonyl (C=O) groups is 1. The minimum absolute atomic E-state index is 0.175. The van der Waals surface area contributed by atoms with Crippen LogP contribution in [0.25, 0.3) is 0 Å². The number of carbonyl (C=O) groups excluding carboxylic acids is 1. The Bertz CT molecular complexity index is 433. The number of benzene rings is 1. The first-order chi connectivity index (χ1) is 10.1. The fourth-order valence-corrected chi connectivity index (χ4v) is 2.67. The first-order valence-electron chi connectivity index (χ1n) is 7.45. The summed E-state index contributed by atoms with van der Waals surface area (Å²) in [6, 6.07) is 9.28. The van der Waals surface area contributed by atoms with Crippen LogP contribution in [0.5, 0.6) is 0 Å². The Kier molecular flexibility index (Phi) is 6.11. The quantitative estimate of drug-likeness (QED) is 0.839. The monoisotopic (exact) mass is 296 g/mol. The van der Waals surface area contributed by atoms with Gasteiger partial charge in [0, 0.05) is 13.0 Å².